The summed E-state index contributed by atoms with van der Waals surface area (Å²) in [5, 5.41) is 0. The Morgan fingerprint density at radius 3 is 2.67 bits per heavy atom. The van der Waals surface area contributed by atoms with Crippen molar-refractivity contribution < 1.29 is 9.53 Å². The molecule has 0 saturated heterocycles. The molecule has 0 fully saturated rings. The molecule has 0 bridgehead atoms. The maximum absolute atomic E-state index is 10.9. The van der Waals surface area contributed by atoms with Gasteiger partial charge < -0.3 is 9.64 Å². The van der Waals surface area contributed by atoms with Crippen molar-refractivity contribution in [2.75, 3.05) is 25.6 Å². The summed E-state index contributed by atoms with van der Waals surface area (Å²) >= 11 is 3.25. The number of ether oxygens (including phenoxy) is 1. The van der Waals surface area contributed by atoms with Crippen molar-refractivity contribution in [2.24, 2.45) is 0 Å². The molecule has 82 valence electrons. The topological polar surface area (TPSA) is 55.3 Å². The van der Waals surface area contributed by atoms with Crippen LogP contribution in [0.2, 0.25) is 0 Å². The van der Waals surface area contributed by atoms with Crippen LogP contribution in [0.5, 0.6) is 0 Å². The van der Waals surface area contributed by atoms with E-state index in [0.717, 1.165) is 4.47 Å². The third-order valence-electron chi connectivity index (χ3n) is 1.83. The van der Waals surface area contributed by atoms with Crippen molar-refractivity contribution in [1.82, 2.24) is 9.97 Å². The summed E-state index contributed by atoms with van der Waals surface area (Å²) in [5.74, 6) is 0.348. The van der Waals surface area contributed by atoms with E-state index in [1.54, 1.807) is 17.3 Å². The van der Waals surface area contributed by atoms with Gasteiger partial charge in [-0.15, -0.1) is 0 Å². The van der Waals surface area contributed by atoms with Gasteiger partial charge >= 0.3 is 5.97 Å². The van der Waals surface area contributed by atoms with Crippen molar-refractivity contribution in [3.8, 4) is 0 Å². The number of hydrogen-bond acceptors (Lipinski definition) is 5. The molecule has 1 aromatic heterocycles. The predicted octanol–water partition coefficient (Wildman–Crippen LogP) is 1.24. The SMILES string of the molecule is COC(=O)CCN(C)c1ncc(Br)cn1. The van der Waals surface area contributed by atoms with Crippen molar-refractivity contribution >= 4 is 27.8 Å². The molecule has 5 nitrogen and oxygen atoms in total. The smallest absolute Gasteiger partial charge is 0.307 e. The largest absolute Gasteiger partial charge is 0.469 e. The van der Waals surface area contributed by atoms with Gasteiger partial charge in [0.05, 0.1) is 18.0 Å². The van der Waals surface area contributed by atoms with Gasteiger partial charge in [0, 0.05) is 26.0 Å². The van der Waals surface area contributed by atoms with Gasteiger partial charge in [0.25, 0.3) is 0 Å². The Labute approximate surface area is 96.6 Å². The van der Waals surface area contributed by atoms with Gasteiger partial charge in [0.2, 0.25) is 5.95 Å². The zero-order valence-electron chi connectivity index (χ0n) is 8.61. The molecule has 0 aromatic carbocycles. The summed E-state index contributed by atoms with van der Waals surface area (Å²) in [4.78, 5) is 20.9. The van der Waals surface area contributed by atoms with Crippen LogP contribution in [0.1, 0.15) is 6.42 Å². The Hall–Kier alpha value is -1.17. The molecule has 0 radical (unpaired) electrons. The highest BCUT2D eigenvalue weighted by atomic mass is 79.9. The minimum Gasteiger partial charge on any atom is -0.469 e. The lowest BCUT2D eigenvalue weighted by molar-refractivity contribution is -0.140. The van der Waals surface area contributed by atoms with Crippen molar-refractivity contribution in [2.45, 2.75) is 6.42 Å². The molecule has 0 saturated carbocycles. The second-order valence-corrected chi connectivity index (χ2v) is 3.86. The summed E-state index contributed by atoms with van der Waals surface area (Å²) in [5.41, 5.74) is 0. The second-order valence-electron chi connectivity index (χ2n) is 2.95. The first-order valence-corrected chi connectivity index (χ1v) is 5.18. The Morgan fingerprint density at radius 2 is 2.13 bits per heavy atom. The Balaban J connectivity index is 2.50. The highest BCUT2D eigenvalue weighted by molar-refractivity contribution is 9.10. The van der Waals surface area contributed by atoms with Crippen molar-refractivity contribution in [1.29, 1.82) is 0 Å². The fourth-order valence-corrected chi connectivity index (χ4v) is 1.17. The molecular weight excluding hydrogens is 262 g/mol. The lowest BCUT2D eigenvalue weighted by Gasteiger charge is -2.15. The number of esters is 1. The highest BCUT2D eigenvalue weighted by Gasteiger charge is 2.06. The summed E-state index contributed by atoms with van der Waals surface area (Å²) in [6.45, 7) is 0.536. The minimum atomic E-state index is -0.237. The molecule has 0 atom stereocenters. The van der Waals surface area contributed by atoms with E-state index < -0.39 is 0 Å². The van der Waals surface area contributed by atoms with Crippen LogP contribution in [0.15, 0.2) is 16.9 Å². The van der Waals surface area contributed by atoms with Crippen LogP contribution in [0.25, 0.3) is 0 Å². The number of halogens is 1. The van der Waals surface area contributed by atoms with Gasteiger partial charge in [-0.05, 0) is 15.9 Å². The second kappa shape index (κ2) is 5.65. The van der Waals surface area contributed by atoms with Gasteiger partial charge in [-0.3, -0.25) is 4.79 Å². The molecule has 0 spiro atoms. The maximum Gasteiger partial charge on any atom is 0.307 e. The zero-order valence-corrected chi connectivity index (χ0v) is 10.2. The van der Waals surface area contributed by atoms with E-state index in [9.17, 15) is 4.79 Å². The van der Waals surface area contributed by atoms with Gasteiger partial charge in [0.1, 0.15) is 0 Å². The number of methoxy groups -OCH3 is 1. The molecule has 0 aliphatic rings. The molecule has 0 aliphatic heterocycles. The van der Waals surface area contributed by atoms with E-state index in [1.807, 2.05) is 7.05 Å². The van der Waals surface area contributed by atoms with Gasteiger partial charge in [0.15, 0.2) is 0 Å². The van der Waals surface area contributed by atoms with Crippen LogP contribution >= 0.6 is 15.9 Å². The lowest BCUT2D eigenvalue weighted by atomic mass is 10.4. The van der Waals surface area contributed by atoms with E-state index in [-0.39, 0.29) is 5.97 Å². The molecule has 1 heterocycles. The number of carbonyl (C=O) groups excluding carboxylic acids is 1. The van der Waals surface area contributed by atoms with E-state index in [1.165, 1.54) is 7.11 Å². The summed E-state index contributed by atoms with van der Waals surface area (Å²) in [6.07, 6.45) is 3.65. The Kier molecular flexibility index (Phi) is 4.48. The average Bonchev–Trinajstić information content (AvgIpc) is 2.26. The number of hydrogen-bond donors (Lipinski definition) is 0. The number of nitrogens with zero attached hydrogens (tertiary/aromatic N) is 3. The molecule has 0 unspecified atom stereocenters. The monoisotopic (exact) mass is 273 g/mol. The van der Waals surface area contributed by atoms with E-state index in [4.69, 9.17) is 0 Å². The molecular formula is C9H12BrN3O2. The summed E-state index contributed by atoms with van der Waals surface area (Å²) in [6, 6.07) is 0. The Bertz CT molecular complexity index is 329. The first kappa shape index (κ1) is 11.9. The van der Waals surface area contributed by atoms with E-state index >= 15 is 0 Å². The standard InChI is InChI=1S/C9H12BrN3O2/c1-13(4-3-8(14)15-2)9-11-5-7(10)6-12-9/h5-6H,3-4H2,1-2H3. The van der Waals surface area contributed by atoms with Crippen LogP contribution in [-0.4, -0.2) is 36.6 Å². The van der Waals surface area contributed by atoms with Crippen molar-refractivity contribution in [3.63, 3.8) is 0 Å². The zero-order chi connectivity index (χ0) is 11.3. The van der Waals surface area contributed by atoms with Crippen molar-refractivity contribution in [3.05, 3.63) is 16.9 Å². The molecule has 0 aliphatic carbocycles. The maximum atomic E-state index is 10.9. The van der Waals surface area contributed by atoms with Gasteiger partial charge in [-0.1, -0.05) is 0 Å². The van der Waals surface area contributed by atoms with Crippen LogP contribution in [0, 0.1) is 0 Å². The number of aromatic nitrogens is 2. The molecule has 0 N–H and O–H groups in total. The molecule has 6 heteroatoms. The number of anilines is 1. The van der Waals surface area contributed by atoms with Crippen LogP contribution in [0.3, 0.4) is 0 Å². The number of carbonyl (C=O) groups is 1. The third kappa shape index (κ3) is 3.83. The number of rotatable bonds is 4. The predicted molar refractivity (Wildman–Crippen MR) is 59.6 cm³/mol. The summed E-state index contributed by atoms with van der Waals surface area (Å²) < 4.78 is 5.37. The molecule has 15 heavy (non-hydrogen) atoms. The quantitative estimate of drug-likeness (QED) is 0.773. The first-order valence-electron chi connectivity index (χ1n) is 4.39. The molecule has 1 rings (SSSR count). The highest BCUT2D eigenvalue weighted by Crippen LogP contribution is 2.09. The van der Waals surface area contributed by atoms with Crippen LogP contribution in [-0.2, 0) is 9.53 Å². The minimum absolute atomic E-state index is 0.237. The average molecular weight is 274 g/mol. The fourth-order valence-electron chi connectivity index (χ4n) is 0.964. The van der Waals surface area contributed by atoms with Gasteiger partial charge in [-0.2, -0.15) is 0 Å². The molecule has 1 aromatic rings. The third-order valence-corrected chi connectivity index (χ3v) is 2.24. The lowest BCUT2D eigenvalue weighted by Crippen LogP contribution is -2.23. The molecule has 0 amide bonds. The van der Waals surface area contributed by atoms with Crippen LogP contribution in [0.4, 0.5) is 5.95 Å². The van der Waals surface area contributed by atoms with Gasteiger partial charge in [-0.25, -0.2) is 9.97 Å². The normalized spacial score (nSPS) is 9.80. The fraction of sp³-hybridized carbons (Fsp3) is 0.444. The summed E-state index contributed by atoms with van der Waals surface area (Å²) in [7, 11) is 3.20. The first-order chi connectivity index (χ1) is 7.13. The van der Waals surface area contributed by atoms with Crippen LogP contribution < -0.4 is 4.90 Å². The van der Waals surface area contributed by atoms with E-state index in [2.05, 4.69) is 30.6 Å². The van der Waals surface area contributed by atoms with E-state index in [0.29, 0.717) is 18.9 Å². The Morgan fingerprint density at radius 1 is 1.53 bits per heavy atom.